The molecular formula is C19H18F2N4O4S2. The highest BCUT2D eigenvalue weighted by atomic mass is 32.2. The number of nitrogens with zero attached hydrogens (tertiary/aromatic N) is 3. The molecule has 0 saturated heterocycles. The minimum Gasteiger partial charge on any atom is -0.467 e. The lowest BCUT2D eigenvalue weighted by Gasteiger charge is -2.09. The summed E-state index contributed by atoms with van der Waals surface area (Å²) in [6, 6.07) is 8.26. The number of aromatic nitrogens is 3. The first kappa shape index (κ1) is 21.5. The Bertz CT molecular complexity index is 1160. The van der Waals surface area contributed by atoms with Gasteiger partial charge in [-0.3, -0.25) is 9.36 Å². The number of furan rings is 1. The van der Waals surface area contributed by atoms with Crippen LogP contribution in [-0.4, -0.2) is 40.6 Å². The minimum absolute atomic E-state index is 0.0397. The fourth-order valence-corrected chi connectivity index (χ4v) is 4.38. The number of amides is 1. The SMILES string of the molecule is O=C(CSc1nnc(C2CC2)n1Cc1ccco1)Nc1ccc(S(=O)(=O)C(F)F)cc1. The zero-order valence-electron chi connectivity index (χ0n) is 16.1. The largest absolute Gasteiger partial charge is 0.467 e. The highest BCUT2D eigenvalue weighted by Crippen LogP contribution is 2.40. The van der Waals surface area contributed by atoms with Gasteiger partial charge in [0.15, 0.2) is 5.16 Å². The zero-order valence-corrected chi connectivity index (χ0v) is 17.7. The molecule has 0 aliphatic heterocycles. The molecule has 1 amide bonds. The van der Waals surface area contributed by atoms with Crippen molar-refractivity contribution in [3.05, 3.63) is 54.2 Å². The maximum absolute atomic E-state index is 12.6. The highest BCUT2D eigenvalue weighted by Gasteiger charge is 2.31. The van der Waals surface area contributed by atoms with Gasteiger partial charge in [0.1, 0.15) is 11.6 Å². The molecule has 0 atom stereocenters. The molecule has 0 bridgehead atoms. The van der Waals surface area contributed by atoms with Crippen LogP contribution in [0.25, 0.3) is 0 Å². The smallest absolute Gasteiger partial charge is 0.341 e. The number of sulfone groups is 1. The van der Waals surface area contributed by atoms with Gasteiger partial charge in [-0.2, -0.15) is 8.78 Å². The Hall–Kier alpha value is -2.73. The summed E-state index contributed by atoms with van der Waals surface area (Å²) in [5, 5.41) is 11.7. The van der Waals surface area contributed by atoms with Crippen molar-refractivity contribution in [1.82, 2.24) is 14.8 Å². The second-order valence-electron chi connectivity index (χ2n) is 6.95. The van der Waals surface area contributed by atoms with E-state index in [0.29, 0.717) is 23.3 Å². The van der Waals surface area contributed by atoms with Gasteiger partial charge in [-0.05, 0) is 49.2 Å². The summed E-state index contributed by atoms with van der Waals surface area (Å²) >= 11 is 1.21. The Kier molecular flexibility index (Phi) is 6.10. The summed E-state index contributed by atoms with van der Waals surface area (Å²) < 4.78 is 55.5. The Morgan fingerprint density at radius 2 is 1.97 bits per heavy atom. The van der Waals surface area contributed by atoms with Gasteiger partial charge in [0.25, 0.3) is 0 Å². The monoisotopic (exact) mass is 468 g/mol. The molecule has 4 rings (SSSR count). The average molecular weight is 469 g/mol. The molecule has 8 nitrogen and oxygen atoms in total. The van der Waals surface area contributed by atoms with Crippen LogP contribution in [0.15, 0.2) is 57.1 Å². The summed E-state index contributed by atoms with van der Waals surface area (Å²) in [6.07, 6.45) is 3.70. The van der Waals surface area contributed by atoms with Crippen molar-refractivity contribution in [2.45, 2.75) is 41.1 Å². The van der Waals surface area contributed by atoms with Gasteiger partial charge < -0.3 is 9.73 Å². The number of hydrogen-bond acceptors (Lipinski definition) is 7. The summed E-state index contributed by atoms with van der Waals surface area (Å²) in [5.74, 6) is -1.81. The third-order valence-corrected chi connectivity index (χ3v) is 6.98. The van der Waals surface area contributed by atoms with Crippen LogP contribution in [0.4, 0.5) is 14.5 Å². The lowest BCUT2D eigenvalue weighted by atomic mass is 10.3. The van der Waals surface area contributed by atoms with E-state index < -0.39 is 20.5 Å². The molecule has 1 aliphatic carbocycles. The van der Waals surface area contributed by atoms with E-state index in [9.17, 15) is 22.0 Å². The van der Waals surface area contributed by atoms with Gasteiger partial charge in [-0.15, -0.1) is 10.2 Å². The first-order valence-electron chi connectivity index (χ1n) is 9.35. The lowest BCUT2D eigenvalue weighted by Crippen LogP contribution is -2.15. The highest BCUT2D eigenvalue weighted by molar-refractivity contribution is 7.99. The maximum Gasteiger partial charge on any atom is 0.341 e. The van der Waals surface area contributed by atoms with Crippen molar-refractivity contribution in [2.24, 2.45) is 0 Å². The summed E-state index contributed by atoms with van der Waals surface area (Å²) in [4.78, 5) is 11.8. The van der Waals surface area contributed by atoms with E-state index in [4.69, 9.17) is 4.42 Å². The van der Waals surface area contributed by atoms with E-state index >= 15 is 0 Å². The number of carbonyl (C=O) groups excluding carboxylic acids is 1. The molecule has 1 N–H and O–H groups in total. The van der Waals surface area contributed by atoms with Gasteiger partial charge in [0, 0.05) is 11.6 Å². The van der Waals surface area contributed by atoms with Gasteiger partial charge in [-0.25, -0.2) is 8.42 Å². The fourth-order valence-electron chi connectivity index (χ4n) is 2.92. The first-order valence-corrected chi connectivity index (χ1v) is 11.9. The molecule has 0 spiro atoms. The van der Waals surface area contributed by atoms with E-state index in [2.05, 4.69) is 15.5 Å². The van der Waals surface area contributed by atoms with Gasteiger partial charge in [-0.1, -0.05) is 11.8 Å². The van der Waals surface area contributed by atoms with Gasteiger partial charge in [0.05, 0.1) is 23.5 Å². The molecule has 1 aromatic carbocycles. The van der Waals surface area contributed by atoms with E-state index in [1.54, 1.807) is 12.3 Å². The van der Waals surface area contributed by atoms with Crippen LogP contribution in [-0.2, 0) is 21.2 Å². The standard InChI is InChI=1S/C19H18F2N4O4S2/c20-18(21)31(27,28)15-7-5-13(6-8-15)22-16(26)11-30-19-24-23-17(12-3-4-12)25(19)10-14-2-1-9-29-14/h1-2,5-9,12,18H,3-4,10-11H2,(H,22,26). The van der Waals surface area contributed by atoms with Crippen LogP contribution < -0.4 is 5.32 Å². The van der Waals surface area contributed by atoms with Crippen molar-refractivity contribution in [3.63, 3.8) is 0 Å². The summed E-state index contributed by atoms with van der Waals surface area (Å²) in [6.45, 7) is 0.468. The number of benzene rings is 1. The van der Waals surface area contributed by atoms with E-state index in [0.717, 1.165) is 36.6 Å². The molecule has 31 heavy (non-hydrogen) atoms. The predicted molar refractivity (Wildman–Crippen MR) is 109 cm³/mol. The Balaban J connectivity index is 1.39. The maximum atomic E-state index is 12.6. The summed E-state index contributed by atoms with van der Waals surface area (Å²) in [7, 11) is -4.67. The van der Waals surface area contributed by atoms with E-state index in [1.165, 1.54) is 23.9 Å². The molecule has 1 fully saturated rings. The number of rotatable bonds is 9. The van der Waals surface area contributed by atoms with Crippen LogP contribution >= 0.6 is 11.8 Å². The van der Waals surface area contributed by atoms with Crippen LogP contribution in [0.1, 0.15) is 30.3 Å². The first-order chi connectivity index (χ1) is 14.8. The average Bonchev–Trinajstić information content (AvgIpc) is 3.30. The molecule has 3 aromatic rings. The normalized spacial score (nSPS) is 14.2. The van der Waals surface area contributed by atoms with Crippen molar-refractivity contribution in [1.29, 1.82) is 0 Å². The summed E-state index contributed by atoms with van der Waals surface area (Å²) in [5.41, 5.74) is 0.300. The number of thioether (sulfide) groups is 1. The van der Waals surface area contributed by atoms with E-state index in [-0.39, 0.29) is 11.7 Å². The Morgan fingerprint density at radius 1 is 1.23 bits per heavy atom. The molecule has 0 unspecified atom stereocenters. The Morgan fingerprint density at radius 3 is 2.58 bits per heavy atom. The van der Waals surface area contributed by atoms with Gasteiger partial charge in [0.2, 0.25) is 15.7 Å². The third-order valence-electron chi connectivity index (χ3n) is 4.62. The van der Waals surface area contributed by atoms with Crippen LogP contribution in [0.5, 0.6) is 0 Å². The molecule has 1 saturated carbocycles. The molecule has 12 heteroatoms. The second-order valence-corrected chi connectivity index (χ2v) is 9.81. The molecular weight excluding hydrogens is 450 g/mol. The van der Waals surface area contributed by atoms with E-state index in [1.807, 2.05) is 10.6 Å². The number of hydrogen-bond donors (Lipinski definition) is 1. The minimum atomic E-state index is -4.67. The van der Waals surface area contributed by atoms with Crippen LogP contribution in [0.2, 0.25) is 0 Å². The number of anilines is 1. The number of nitrogens with one attached hydrogen (secondary N) is 1. The fraction of sp³-hybridized carbons (Fsp3) is 0.316. The van der Waals surface area contributed by atoms with Crippen molar-refractivity contribution in [3.8, 4) is 0 Å². The number of alkyl halides is 2. The molecule has 164 valence electrons. The van der Waals surface area contributed by atoms with Gasteiger partial charge >= 0.3 is 5.76 Å². The topological polar surface area (TPSA) is 107 Å². The molecule has 1 aliphatic rings. The number of carbonyl (C=O) groups is 1. The quantitative estimate of drug-likeness (QED) is 0.479. The zero-order chi connectivity index (χ0) is 22.0. The third kappa shape index (κ3) is 4.96. The van der Waals surface area contributed by atoms with Crippen LogP contribution in [0, 0.1) is 0 Å². The van der Waals surface area contributed by atoms with Crippen molar-refractivity contribution in [2.75, 3.05) is 11.1 Å². The number of halogens is 2. The lowest BCUT2D eigenvalue weighted by molar-refractivity contribution is -0.113. The molecule has 2 heterocycles. The predicted octanol–water partition coefficient (Wildman–Crippen LogP) is 3.52. The van der Waals surface area contributed by atoms with Crippen LogP contribution in [0.3, 0.4) is 0 Å². The molecule has 0 radical (unpaired) electrons. The Labute approximate surface area is 181 Å². The second kappa shape index (κ2) is 8.79. The van der Waals surface area contributed by atoms with Crippen molar-refractivity contribution < 1.29 is 26.4 Å². The van der Waals surface area contributed by atoms with Crippen molar-refractivity contribution >= 4 is 33.2 Å². The molecule has 2 aromatic heterocycles.